The summed E-state index contributed by atoms with van der Waals surface area (Å²) in [5, 5.41) is 20.6. The van der Waals surface area contributed by atoms with Crippen molar-refractivity contribution in [3.8, 4) is 5.75 Å². The number of carbonyl (C=O) groups is 1. The maximum absolute atomic E-state index is 14.3. The maximum Gasteiger partial charge on any atom is 0.416 e. The number of esters is 1. The van der Waals surface area contributed by atoms with E-state index in [0.29, 0.717) is 25.7 Å². The number of unbranched alkanes of at least 4 members (excludes halogenated alkanes) is 1. The lowest BCUT2D eigenvalue weighted by Gasteiger charge is -2.19. The van der Waals surface area contributed by atoms with Crippen LogP contribution in [0, 0.1) is 11.8 Å². The van der Waals surface area contributed by atoms with Crippen LogP contribution >= 0.6 is 0 Å². The number of aliphatic hydroxyl groups excluding tert-OH is 2. The molecule has 2 rings (SSSR count). The smallest absolute Gasteiger partial charge is 0.416 e. The number of benzene rings is 1. The van der Waals surface area contributed by atoms with Gasteiger partial charge in [-0.3, -0.25) is 4.79 Å². The van der Waals surface area contributed by atoms with E-state index in [1.54, 1.807) is 13.8 Å². The van der Waals surface area contributed by atoms with Crippen LogP contribution in [0.5, 0.6) is 5.75 Å². The number of hydrogen-bond acceptors (Lipinski definition) is 5. The quantitative estimate of drug-likeness (QED) is 0.173. The van der Waals surface area contributed by atoms with E-state index < -0.39 is 42.6 Å². The van der Waals surface area contributed by atoms with Gasteiger partial charge in [0.15, 0.2) is 6.17 Å². The van der Waals surface area contributed by atoms with E-state index in [2.05, 4.69) is 0 Å². The molecule has 1 fully saturated rings. The fourth-order valence-corrected chi connectivity index (χ4v) is 4.01. The number of alkyl halides is 4. The summed E-state index contributed by atoms with van der Waals surface area (Å²) in [7, 11) is 0. The van der Waals surface area contributed by atoms with E-state index in [-0.39, 0.29) is 30.2 Å². The minimum Gasteiger partial charge on any atom is -0.490 e. The molecule has 35 heavy (non-hydrogen) atoms. The Morgan fingerprint density at radius 3 is 2.63 bits per heavy atom. The second kappa shape index (κ2) is 13.6. The van der Waals surface area contributed by atoms with Crippen LogP contribution in [0.2, 0.25) is 0 Å². The molecule has 196 valence electrons. The van der Waals surface area contributed by atoms with Crippen molar-refractivity contribution in [2.45, 2.75) is 76.6 Å². The van der Waals surface area contributed by atoms with Crippen molar-refractivity contribution in [2.24, 2.45) is 11.8 Å². The van der Waals surface area contributed by atoms with Gasteiger partial charge in [-0.05, 0) is 57.2 Å². The Kier molecular flexibility index (Phi) is 11.2. The molecule has 0 bridgehead atoms. The Morgan fingerprint density at radius 2 is 1.94 bits per heavy atom. The molecule has 1 aliphatic rings. The first kappa shape index (κ1) is 28.8. The SMILES string of the molecule is CC(C)OC(=O)CCC/C=C\C[C@@H]1[C@@H](/C=C/[C@@H](F)COc2cccc(C(F)(F)F)c2)[C@H](O)C[C@@H]1O. The minimum absolute atomic E-state index is 0.0901. The second-order valence-corrected chi connectivity index (χ2v) is 8.99. The minimum atomic E-state index is -4.52. The summed E-state index contributed by atoms with van der Waals surface area (Å²) in [6.07, 6.45) is 0.917. The third-order valence-corrected chi connectivity index (χ3v) is 5.72. The molecule has 0 unspecified atom stereocenters. The Labute approximate surface area is 203 Å². The Balaban J connectivity index is 1.82. The van der Waals surface area contributed by atoms with Gasteiger partial charge >= 0.3 is 12.1 Å². The van der Waals surface area contributed by atoms with Gasteiger partial charge in [0.05, 0.1) is 23.9 Å². The molecular formula is C26H34F4O5. The summed E-state index contributed by atoms with van der Waals surface area (Å²) in [6.45, 7) is 3.10. The third-order valence-electron chi connectivity index (χ3n) is 5.72. The van der Waals surface area contributed by atoms with Crippen LogP contribution in [0.15, 0.2) is 48.6 Å². The summed E-state index contributed by atoms with van der Waals surface area (Å²) < 4.78 is 62.9. The molecule has 9 heteroatoms. The van der Waals surface area contributed by atoms with Crippen LogP contribution in [0.1, 0.15) is 51.5 Å². The Hall–Kier alpha value is -2.39. The topological polar surface area (TPSA) is 76.0 Å². The normalized spacial score (nSPS) is 23.9. The van der Waals surface area contributed by atoms with Gasteiger partial charge in [0.2, 0.25) is 0 Å². The molecule has 1 aliphatic carbocycles. The lowest BCUT2D eigenvalue weighted by atomic mass is 9.89. The van der Waals surface area contributed by atoms with Crippen molar-refractivity contribution >= 4 is 5.97 Å². The average molecular weight is 503 g/mol. The summed E-state index contributed by atoms with van der Waals surface area (Å²) in [4.78, 5) is 11.5. The maximum atomic E-state index is 14.3. The van der Waals surface area contributed by atoms with Crippen LogP contribution in [0.4, 0.5) is 17.6 Å². The number of allylic oxidation sites excluding steroid dienone is 2. The number of halogens is 4. The first-order valence-corrected chi connectivity index (χ1v) is 11.8. The monoisotopic (exact) mass is 502 g/mol. The van der Waals surface area contributed by atoms with Crippen LogP contribution in [0.25, 0.3) is 0 Å². The number of hydrogen-bond donors (Lipinski definition) is 2. The van der Waals surface area contributed by atoms with E-state index in [4.69, 9.17) is 9.47 Å². The van der Waals surface area contributed by atoms with Crippen molar-refractivity contribution in [2.75, 3.05) is 6.61 Å². The lowest BCUT2D eigenvalue weighted by Crippen LogP contribution is -2.20. The lowest BCUT2D eigenvalue weighted by molar-refractivity contribution is -0.147. The van der Waals surface area contributed by atoms with Crippen molar-refractivity contribution < 1.29 is 42.0 Å². The fourth-order valence-electron chi connectivity index (χ4n) is 4.01. The Morgan fingerprint density at radius 1 is 1.20 bits per heavy atom. The molecule has 2 N–H and O–H groups in total. The van der Waals surface area contributed by atoms with Gasteiger partial charge in [-0.25, -0.2) is 4.39 Å². The standard InChI is InChI=1S/C26H34F4O5/c1-17(2)35-25(33)11-6-4-3-5-10-21-22(24(32)15-23(21)31)13-12-19(27)16-34-20-9-7-8-18(14-20)26(28,29)30/h3,5,7-9,12-14,17,19,21-24,31-32H,4,6,10-11,15-16H2,1-2H3/b5-3-,13-12+/t19-,21-,22-,23+,24-/m1/s1. The predicted molar refractivity (Wildman–Crippen MR) is 123 cm³/mol. The highest BCUT2D eigenvalue weighted by Gasteiger charge is 2.39. The zero-order chi connectivity index (χ0) is 26.0. The van der Waals surface area contributed by atoms with Gasteiger partial charge < -0.3 is 19.7 Å². The van der Waals surface area contributed by atoms with E-state index in [1.165, 1.54) is 24.3 Å². The molecule has 0 saturated heterocycles. The first-order chi connectivity index (χ1) is 16.5. The number of carbonyl (C=O) groups excluding carboxylic acids is 1. The highest BCUT2D eigenvalue weighted by atomic mass is 19.4. The number of rotatable bonds is 12. The summed E-state index contributed by atoms with van der Waals surface area (Å²) in [5.41, 5.74) is -0.879. The average Bonchev–Trinajstić information content (AvgIpc) is 3.04. The van der Waals surface area contributed by atoms with Crippen molar-refractivity contribution in [3.63, 3.8) is 0 Å². The van der Waals surface area contributed by atoms with Gasteiger partial charge in [-0.15, -0.1) is 0 Å². The van der Waals surface area contributed by atoms with Gasteiger partial charge in [-0.1, -0.05) is 30.4 Å². The van der Waals surface area contributed by atoms with E-state index in [9.17, 15) is 32.6 Å². The molecule has 0 aromatic heterocycles. The van der Waals surface area contributed by atoms with Gasteiger partial charge in [0, 0.05) is 18.8 Å². The fraction of sp³-hybridized carbons (Fsp3) is 0.577. The van der Waals surface area contributed by atoms with Crippen LogP contribution in [-0.2, 0) is 15.7 Å². The van der Waals surface area contributed by atoms with Crippen molar-refractivity contribution in [1.29, 1.82) is 0 Å². The van der Waals surface area contributed by atoms with Gasteiger partial charge in [0.1, 0.15) is 12.4 Å². The van der Waals surface area contributed by atoms with Crippen LogP contribution in [0.3, 0.4) is 0 Å². The van der Waals surface area contributed by atoms with Crippen molar-refractivity contribution in [1.82, 2.24) is 0 Å². The predicted octanol–water partition coefficient (Wildman–Crippen LogP) is 5.40. The number of aliphatic hydroxyl groups is 2. The van der Waals surface area contributed by atoms with Gasteiger partial charge in [0.25, 0.3) is 0 Å². The molecule has 1 aromatic rings. The largest absolute Gasteiger partial charge is 0.490 e. The highest BCUT2D eigenvalue weighted by Crippen LogP contribution is 2.36. The Bertz CT molecular complexity index is 852. The molecular weight excluding hydrogens is 468 g/mol. The molecule has 5 atom stereocenters. The molecule has 1 saturated carbocycles. The molecule has 0 radical (unpaired) electrons. The van der Waals surface area contributed by atoms with E-state index >= 15 is 0 Å². The molecule has 5 nitrogen and oxygen atoms in total. The summed E-state index contributed by atoms with van der Waals surface area (Å²) in [5.74, 6) is -1.11. The summed E-state index contributed by atoms with van der Waals surface area (Å²) in [6, 6.07) is 4.22. The first-order valence-electron chi connectivity index (χ1n) is 11.8. The molecule has 0 amide bonds. The van der Waals surface area contributed by atoms with E-state index in [1.807, 2.05) is 12.2 Å². The van der Waals surface area contributed by atoms with Crippen molar-refractivity contribution in [3.05, 3.63) is 54.1 Å². The highest BCUT2D eigenvalue weighted by molar-refractivity contribution is 5.69. The summed E-state index contributed by atoms with van der Waals surface area (Å²) >= 11 is 0. The van der Waals surface area contributed by atoms with Crippen LogP contribution in [-0.4, -0.2) is 47.3 Å². The third kappa shape index (κ3) is 10.0. The molecule has 0 heterocycles. The van der Waals surface area contributed by atoms with E-state index in [0.717, 1.165) is 12.1 Å². The van der Waals surface area contributed by atoms with Crippen LogP contribution < -0.4 is 4.74 Å². The van der Waals surface area contributed by atoms with Gasteiger partial charge in [-0.2, -0.15) is 13.2 Å². The number of ether oxygens (including phenoxy) is 2. The zero-order valence-electron chi connectivity index (χ0n) is 20.0. The molecule has 0 spiro atoms. The molecule has 1 aromatic carbocycles. The zero-order valence-corrected chi connectivity index (χ0v) is 20.0. The molecule has 0 aliphatic heterocycles. The second-order valence-electron chi connectivity index (χ2n) is 8.99.